The molecule has 1 unspecified atom stereocenters. The second-order valence-electron chi connectivity index (χ2n) is 4.45. The summed E-state index contributed by atoms with van der Waals surface area (Å²) in [7, 11) is 0. The van der Waals surface area contributed by atoms with Crippen LogP contribution in [0, 0.1) is 0 Å². The number of nitrogens with one attached hydrogen (secondary N) is 1. The van der Waals surface area contributed by atoms with E-state index in [-0.39, 0.29) is 19.1 Å². The van der Waals surface area contributed by atoms with Gasteiger partial charge in [-0.3, -0.25) is 4.79 Å². The van der Waals surface area contributed by atoms with Crippen molar-refractivity contribution >= 4 is 5.91 Å². The Morgan fingerprint density at radius 1 is 1.71 bits per heavy atom. The van der Waals surface area contributed by atoms with Gasteiger partial charge in [-0.15, -0.1) is 0 Å². The molecule has 14 heavy (non-hydrogen) atoms. The van der Waals surface area contributed by atoms with Crippen molar-refractivity contribution in [3.63, 3.8) is 0 Å². The van der Waals surface area contributed by atoms with Gasteiger partial charge in [0.05, 0.1) is 18.8 Å². The van der Waals surface area contributed by atoms with Crippen molar-refractivity contribution in [2.24, 2.45) is 5.73 Å². The van der Waals surface area contributed by atoms with Gasteiger partial charge < -0.3 is 20.9 Å². The minimum Gasteiger partial charge on any atom is -0.394 e. The molecule has 5 heteroatoms. The monoisotopic (exact) mass is 202 g/mol. The number of ether oxygens (including phenoxy) is 1. The van der Waals surface area contributed by atoms with Crippen molar-refractivity contribution in [1.29, 1.82) is 0 Å². The molecule has 5 nitrogen and oxygen atoms in total. The molecule has 0 radical (unpaired) electrons. The predicted molar refractivity (Wildman–Crippen MR) is 51.7 cm³/mol. The number of amides is 1. The van der Waals surface area contributed by atoms with Gasteiger partial charge in [0.1, 0.15) is 5.54 Å². The van der Waals surface area contributed by atoms with Gasteiger partial charge in [0.25, 0.3) is 0 Å². The summed E-state index contributed by atoms with van der Waals surface area (Å²) >= 11 is 0. The van der Waals surface area contributed by atoms with Gasteiger partial charge in [-0.1, -0.05) is 0 Å². The Kier molecular flexibility index (Phi) is 3.14. The molecule has 1 fully saturated rings. The van der Waals surface area contributed by atoms with Crippen LogP contribution in [0.4, 0.5) is 0 Å². The van der Waals surface area contributed by atoms with E-state index < -0.39 is 11.1 Å². The standard InChI is InChI=1S/C9H18N2O3/c1-8(2,5-12)11-7(13)9(10)3-4-14-6-9/h12H,3-6,10H2,1-2H3,(H,11,13). The van der Waals surface area contributed by atoms with E-state index in [2.05, 4.69) is 5.32 Å². The zero-order valence-corrected chi connectivity index (χ0v) is 8.67. The van der Waals surface area contributed by atoms with Gasteiger partial charge in [0.15, 0.2) is 0 Å². The summed E-state index contributed by atoms with van der Waals surface area (Å²) in [6, 6.07) is 0. The second-order valence-corrected chi connectivity index (χ2v) is 4.45. The highest BCUT2D eigenvalue weighted by Crippen LogP contribution is 2.16. The Labute approximate surface area is 83.6 Å². The number of nitrogens with two attached hydrogens (primary N) is 1. The third kappa shape index (κ3) is 2.43. The maximum absolute atomic E-state index is 11.7. The Morgan fingerprint density at radius 3 is 2.79 bits per heavy atom. The molecule has 1 aliphatic heterocycles. The molecule has 0 saturated carbocycles. The van der Waals surface area contributed by atoms with Gasteiger partial charge in [-0.2, -0.15) is 0 Å². The van der Waals surface area contributed by atoms with Crippen molar-refractivity contribution in [1.82, 2.24) is 5.32 Å². The summed E-state index contributed by atoms with van der Waals surface area (Å²) in [4.78, 5) is 11.7. The first-order valence-electron chi connectivity index (χ1n) is 4.70. The summed E-state index contributed by atoms with van der Waals surface area (Å²) in [5, 5.41) is 11.7. The first-order valence-corrected chi connectivity index (χ1v) is 4.70. The van der Waals surface area contributed by atoms with E-state index in [0.717, 1.165) is 0 Å². The van der Waals surface area contributed by atoms with E-state index in [4.69, 9.17) is 15.6 Å². The molecule has 1 aliphatic rings. The molecule has 82 valence electrons. The molecule has 1 atom stereocenters. The molecule has 0 bridgehead atoms. The highest BCUT2D eigenvalue weighted by Gasteiger charge is 2.40. The minimum absolute atomic E-state index is 0.115. The molecule has 0 aromatic carbocycles. The number of hydrogen-bond donors (Lipinski definition) is 3. The molecule has 0 aromatic rings. The Bertz CT molecular complexity index is 222. The zero-order chi connectivity index (χ0) is 10.8. The summed E-state index contributed by atoms with van der Waals surface area (Å²) in [6.45, 7) is 4.13. The molecular formula is C9H18N2O3. The van der Waals surface area contributed by atoms with Gasteiger partial charge in [0, 0.05) is 6.61 Å². The molecule has 0 aliphatic carbocycles. The Hall–Kier alpha value is -0.650. The van der Waals surface area contributed by atoms with Crippen molar-refractivity contribution in [3.05, 3.63) is 0 Å². The van der Waals surface area contributed by atoms with Gasteiger partial charge in [-0.05, 0) is 20.3 Å². The van der Waals surface area contributed by atoms with Crippen molar-refractivity contribution in [2.45, 2.75) is 31.3 Å². The van der Waals surface area contributed by atoms with Crippen molar-refractivity contribution in [2.75, 3.05) is 19.8 Å². The second kappa shape index (κ2) is 3.84. The van der Waals surface area contributed by atoms with Crippen LogP contribution in [0.2, 0.25) is 0 Å². The van der Waals surface area contributed by atoms with Crippen LogP contribution in [0.15, 0.2) is 0 Å². The maximum Gasteiger partial charge on any atom is 0.243 e. The number of hydrogen-bond acceptors (Lipinski definition) is 4. The van der Waals surface area contributed by atoms with E-state index in [1.807, 2.05) is 0 Å². The van der Waals surface area contributed by atoms with Crippen LogP contribution in [0.25, 0.3) is 0 Å². The van der Waals surface area contributed by atoms with Crippen LogP contribution < -0.4 is 11.1 Å². The lowest BCUT2D eigenvalue weighted by Crippen LogP contribution is -2.60. The van der Waals surface area contributed by atoms with Crippen LogP contribution in [-0.4, -0.2) is 41.9 Å². The largest absolute Gasteiger partial charge is 0.394 e. The third-order valence-electron chi connectivity index (χ3n) is 2.35. The summed E-state index contributed by atoms with van der Waals surface area (Å²) in [5.41, 5.74) is 4.29. The number of aliphatic hydroxyl groups excluding tert-OH is 1. The van der Waals surface area contributed by atoms with E-state index in [1.165, 1.54) is 0 Å². The van der Waals surface area contributed by atoms with Gasteiger partial charge >= 0.3 is 0 Å². The molecule has 1 saturated heterocycles. The van der Waals surface area contributed by atoms with E-state index in [1.54, 1.807) is 13.8 Å². The van der Waals surface area contributed by atoms with E-state index in [9.17, 15) is 4.79 Å². The molecule has 1 rings (SSSR count). The van der Waals surface area contributed by atoms with Crippen LogP contribution >= 0.6 is 0 Å². The first-order chi connectivity index (χ1) is 6.40. The Morgan fingerprint density at radius 2 is 2.36 bits per heavy atom. The van der Waals surface area contributed by atoms with Crippen LogP contribution in [-0.2, 0) is 9.53 Å². The van der Waals surface area contributed by atoms with Gasteiger partial charge in [-0.25, -0.2) is 0 Å². The third-order valence-corrected chi connectivity index (χ3v) is 2.35. The summed E-state index contributed by atoms with van der Waals surface area (Å²) < 4.78 is 5.08. The van der Waals surface area contributed by atoms with Crippen LogP contribution in [0.1, 0.15) is 20.3 Å². The van der Waals surface area contributed by atoms with Crippen molar-refractivity contribution in [3.8, 4) is 0 Å². The Balaban J connectivity index is 2.57. The molecule has 4 N–H and O–H groups in total. The van der Waals surface area contributed by atoms with E-state index >= 15 is 0 Å². The quantitative estimate of drug-likeness (QED) is 0.547. The SMILES string of the molecule is CC(C)(CO)NC(=O)C1(N)CCOC1. The van der Waals surface area contributed by atoms with E-state index in [0.29, 0.717) is 13.0 Å². The lowest BCUT2D eigenvalue weighted by Gasteiger charge is -2.29. The molecule has 1 amide bonds. The average Bonchev–Trinajstić information content (AvgIpc) is 2.53. The predicted octanol–water partition coefficient (Wildman–Crippen LogP) is -1.01. The smallest absolute Gasteiger partial charge is 0.243 e. The van der Waals surface area contributed by atoms with Crippen LogP contribution in [0.3, 0.4) is 0 Å². The molecule has 0 spiro atoms. The van der Waals surface area contributed by atoms with Crippen LogP contribution in [0.5, 0.6) is 0 Å². The first kappa shape index (κ1) is 11.4. The average molecular weight is 202 g/mol. The fourth-order valence-corrected chi connectivity index (χ4v) is 1.23. The number of aliphatic hydroxyl groups is 1. The molecular weight excluding hydrogens is 184 g/mol. The highest BCUT2D eigenvalue weighted by atomic mass is 16.5. The maximum atomic E-state index is 11.7. The normalized spacial score (nSPS) is 27.7. The number of carbonyl (C=O) groups is 1. The van der Waals surface area contributed by atoms with Crippen molar-refractivity contribution < 1.29 is 14.6 Å². The number of carbonyl (C=O) groups excluding carboxylic acids is 1. The lowest BCUT2D eigenvalue weighted by atomic mass is 9.97. The van der Waals surface area contributed by atoms with Gasteiger partial charge in [0.2, 0.25) is 5.91 Å². The topological polar surface area (TPSA) is 84.6 Å². The fourth-order valence-electron chi connectivity index (χ4n) is 1.23. The lowest BCUT2D eigenvalue weighted by molar-refractivity contribution is -0.128. The molecule has 0 aromatic heterocycles. The fraction of sp³-hybridized carbons (Fsp3) is 0.889. The minimum atomic E-state index is -0.924. The highest BCUT2D eigenvalue weighted by molar-refractivity contribution is 5.87. The summed E-state index contributed by atoms with van der Waals surface area (Å²) in [6.07, 6.45) is 0.528. The summed E-state index contributed by atoms with van der Waals surface area (Å²) in [5.74, 6) is -0.256. The molecule has 1 heterocycles. The zero-order valence-electron chi connectivity index (χ0n) is 8.67. The number of rotatable bonds is 3.